The first kappa shape index (κ1) is 13.8. The highest BCUT2D eigenvalue weighted by molar-refractivity contribution is 6.30. The summed E-state index contributed by atoms with van der Waals surface area (Å²) in [7, 11) is 0. The number of benzene rings is 1. The van der Waals surface area contributed by atoms with Crippen molar-refractivity contribution in [1.29, 1.82) is 0 Å². The fourth-order valence-corrected chi connectivity index (χ4v) is 2.58. The maximum Gasteiger partial charge on any atom is 0.0594 e. The van der Waals surface area contributed by atoms with E-state index in [-0.39, 0.29) is 5.54 Å². The third-order valence-electron chi connectivity index (χ3n) is 3.71. The van der Waals surface area contributed by atoms with Crippen molar-refractivity contribution in [2.24, 2.45) is 5.73 Å². The molecule has 1 aliphatic heterocycles. The maximum absolute atomic E-state index is 6.01. The zero-order valence-electron chi connectivity index (χ0n) is 10.9. The van der Waals surface area contributed by atoms with Gasteiger partial charge >= 0.3 is 0 Å². The minimum absolute atomic E-state index is 0.00237. The smallest absolute Gasteiger partial charge is 0.0594 e. The predicted molar refractivity (Wildman–Crippen MR) is 75.0 cm³/mol. The van der Waals surface area contributed by atoms with Crippen LogP contribution in [-0.4, -0.2) is 43.3 Å². The van der Waals surface area contributed by atoms with E-state index >= 15 is 0 Å². The van der Waals surface area contributed by atoms with E-state index in [0.717, 1.165) is 37.7 Å². The van der Waals surface area contributed by atoms with E-state index in [9.17, 15) is 0 Å². The molecule has 1 aromatic rings. The molecule has 1 atom stereocenters. The zero-order chi connectivity index (χ0) is 13.0. The van der Waals surface area contributed by atoms with Gasteiger partial charge in [0.2, 0.25) is 0 Å². The highest BCUT2D eigenvalue weighted by Gasteiger charge is 2.31. The minimum atomic E-state index is -0.00237. The van der Waals surface area contributed by atoms with E-state index in [2.05, 4.69) is 24.0 Å². The van der Waals surface area contributed by atoms with Crippen molar-refractivity contribution in [2.75, 3.05) is 32.8 Å². The van der Waals surface area contributed by atoms with Crippen molar-refractivity contribution < 1.29 is 4.74 Å². The Hall–Kier alpha value is -0.610. The lowest BCUT2D eigenvalue weighted by atomic mass is 9.90. The van der Waals surface area contributed by atoms with Crippen LogP contribution in [0.25, 0.3) is 0 Å². The first-order valence-electron chi connectivity index (χ1n) is 6.41. The van der Waals surface area contributed by atoms with Crippen LogP contribution in [0.5, 0.6) is 0 Å². The largest absolute Gasteiger partial charge is 0.379 e. The quantitative estimate of drug-likeness (QED) is 0.907. The van der Waals surface area contributed by atoms with Gasteiger partial charge in [-0.25, -0.2) is 0 Å². The van der Waals surface area contributed by atoms with E-state index in [4.69, 9.17) is 22.1 Å². The van der Waals surface area contributed by atoms with E-state index in [1.165, 1.54) is 5.56 Å². The molecule has 2 N–H and O–H groups in total. The molecule has 0 amide bonds. The van der Waals surface area contributed by atoms with Crippen LogP contribution >= 0.6 is 11.6 Å². The van der Waals surface area contributed by atoms with Crippen LogP contribution in [-0.2, 0) is 11.2 Å². The second kappa shape index (κ2) is 6.02. The Morgan fingerprint density at radius 1 is 1.28 bits per heavy atom. The molecule has 1 unspecified atom stereocenters. The normalized spacial score (nSPS) is 20.6. The lowest BCUT2D eigenvalue weighted by molar-refractivity contribution is -0.0132. The average Bonchev–Trinajstić information content (AvgIpc) is 2.42. The van der Waals surface area contributed by atoms with Crippen LogP contribution < -0.4 is 5.73 Å². The monoisotopic (exact) mass is 268 g/mol. The number of ether oxygens (including phenoxy) is 1. The Kier molecular flexibility index (Phi) is 4.62. The summed E-state index contributed by atoms with van der Waals surface area (Å²) in [6.45, 7) is 6.40. The van der Waals surface area contributed by atoms with Gasteiger partial charge in [0.25, 0.3) is 0 Å². The number of hydrogen-bond donors (Lipinski definition) is 1. The second-order valence-electron chi connectivity index (χ2n) is 5.10. The number of halogens is 1. The van der Waals surface area contributed by atoms with Gasteiger partial charge in [-0.3, -0.25) is 4.90 Å². The van der Waals surface area contributed by atoms with Gasteiger partial charge in [0, 0.05) is 30.2 Å². The molecular weight excluding hydrogens is 248 g/mol. The van der Waals surface area contributed by atoms with Crippen LogP contribution in [0.15, 0.2) is 24.3 Å². The summed E-state index contributed by atoms with van der Waals surface area (Å²) >= 11 is 5.91. The number of nitrogens with two attached hydrogens (primary N) is 1. The van der Waals surface area contributed by atoms with Crippen LogP contribution in [0.2, 0.25) is 5.02 Å². The minimum Gasteiger partial charge on any atom is -0.379 e. The summed E-state index contributed by atoms with van der Waals surface area (Å²) in [5.74, 6) is 0. The summed E-state index contributed by atoms with van der Waals surface area (Å²) < 4.78 is 5.41. The van der Waals surface area contributed by atoms with Crippen molar-refractivity contribution in [3.05, 3.63) is 34.9 Å². The number of rotatable bonds is 4. The van der Waals surface area contributed by atoms with Gasteiger partial charge in [-0.2, -0.15) is 0 Å². The molecular formula is C14H21ClN2O. The molecule has 3 nitrogen and oxygen atoms in total. The number of nitrogens with zero attached hydrogens (tertiary/aromatic N) is 1. The zero-order valence-corrected chi connectivity index (χ0v) is 11.6. The first-order valence-corrected chi connectivity index (χ1v) is 6.79. The molecule has 1 fully saturated rings. The SMILES string of the molecule is CC(CN)(Cc1ccc(Cl)cc1)N1CCOCC1. The van der Waals surface area contributed by atoms with Crippen molar-refractivity contribution in [3.63, 3.8) is 0 Å². The lowest BCUT2D eigenvalue weighted by Crippen LogP contribution is -2.56. The third-order valence-corrected chi connectivity index (χ3v) is 3.96. The van der Waals surface area contributed by atoms with Crippen molar-refractivity contribution in [1.82, 2.24) is 4.90 Å². The standard InChI is InChI=1S/C14H21ClN2O/c1-14(11-16,17-6-8-18-9-7-17)10-12-2-4-13(15)5-3-12/h2-5H,6-11,16H2,1H3. The molecule has 1 saturated heterocycles. The molecule has 2 rings (SSSR count). The van der Waals surface area contributed by atoms with Gasteiger partial charge in [0.15, 0.2) is 0 Å². The highest BCUT2D eigenvalue weighted by Crippen LogP contribution is 2.22. The maximum atomic E-state index is 6.01. The molecule has 1 heterocycles. The van der Waals surface area contributed by atoms with Crippen LogP contribution in [0.4, 0.5) is 0 Å². The fraction of sp³-hybridized carbons (Fsp3) is 0.571. The molecule has 0 saturated carbocycles. The van der Waals surface area contributed by atoms with Gasteiger partial charge in [0.1, 0.15) is 0 Å². The van der Waals surface area contributed by atoms with Crippen molar-refractivity contribution >= 4 is 11.6 Å². The van der Waals surface area contributed by atoms with Gasteiger partial charge < -0.3 is 10.5 Å². The summed E-state index contributed by atoms with van der Waals surface area (Å²) in [6.07, 6.45) is 0.945. The lowest BCUT2D eigenvalue weighted by Gasteiger charge is -2.43. The van der Waals surface area contributed by atoms with Gasteiger partial charge in [0.05, 0.1) is 13.2 Å². The highest BCUT2D eigenvalue weighted by atomic mass is 35.5. The van der Waals surface area contributed by atoms with Crippen LogP contribution in [0.3, 0.4) is 0 Å². The molecule has 1 aliphatic rings. The Balaban J connectivity index is 2.08. The van der Waals surface area contributed by atoms with Crippen LogP contribution in [0.1, 0.15) is 12.5 Å². The molecule has 0 radical (unpaired) electrons. The topological polar surface area (TPSA) is 38.5 Å². The van der Waals surface area contributed by atoms with Gasteiger partial charge in [-0.15, -0.1) is 0 Å². The predicted octanol–water partition coefficient (Wildman–Crippen LogP) is 1.93. The Bertz CT molecular complexity index is 376. The van der Waals surface area contributed by atoms with E-state index in [0.29, 0.717) is 6.54 Å². The molecule has 0 spiro atoms. The molecule has 18 heavy (non-hydrogen) atoms. The molecule has 1 aromatic carbocycles. The van der Waals surface area contributed by atoms with Crippen molar-refractivity contribution in [2.45, 2.75) is 18.9 Å². The first-order chi connectivity index (χ1) is 8.64. The Morgan fingerprint density at radius 3 is 2.44 bits per heavy atom. The van der Waals surface area contributed by atoms with E-state index in [1.807, 2.05) is 12.1 Å². The second-order valence-corrected chi connectivity index (χ2v) is 5.54. The summed E-state index contributed by atoms with van der Waals surface area (Å²) in [4.78, 5) is 2.44. The van der Waals surface area contributed by atoms with E-state index in [1.54, 1.807) is 0 Å². The third kappa shape index (κ3) is 3.23. The number of hydrogen-bond acceptors (Lipinski definition) is 3. The summed E-state index contributed by atoms with van der Waals surface area (Å²) in [6, 6.07) is 8.04. The van der Waals surface area contributed by atoms with Crippen molar-refractivity contribution in [3.8, 4) is 0 Å². The average molecular weight is 269 g/mol. The van der Waals surface area contributed by atoms with Gasteiger partial charge in [-0.1, -0.05) is 23.7 Å². The molecule has 0 bridgehead atoms. The van der Waals surface area contributed by atoms with Gasteiger partial charge in [-0.05, 0) is 31.0 Å². The molecule has 4 heteroatoms. The molecule has 100 valence electrons. The summed E-state index contributed by atoms with van der Waals surface area (Å²) in [5.41, 5.74) is 7.28. The fourth-order valence-electron chi connectivity index (χ4n) is 2.46. The summed E-state index contributed by atoms with van der Waals surface area (Å²) in [5, 5.41) is 0.777. The Morgan fingerprint density at radius 2 is 1.89 bits per heavy atom. The van der Waals surface area contributed by atoms with Crippen LogP contribution in [0, 0.1) is 0 Å². The molecule has 0 aliphatic carbocycles. The number of morpholine rings is 1. The Labute approximate surface area is 114 Å². The van der Waals surface area contributed by atoms with E-state index < -0.39 is 0 Å². The molecule has 0 aromatic heterocycles.